The summed E-state index contributed by atoms with van der Waals surface area (Å²) >= 11 is 0. The average Bonchev–Trinajstić information content (AvgIpc) is 2.62. The van der Waals surface area contributed by atoms with Gasteiger partial charge in [0.25, 0.3) is 5.91 Å². The Bertz CT molecular complexity index is 771. The zero-order valence-electron chi connectivity index (χ0n) is 14.1. The highest BCUT2D eigenvalue weighted by Gasteiger charge is 2.21. The van der Waals surface area contributed by atoms with E-state index in [4.69, 9.17) is 5.73 Å². The molecule has 1 amide bonds. The van der Waals surface area contributed by atoms with Gasteiger partial charge in [-0.25, -0.2) is 0 Å². The SMILES string of the molecule is C=C/C(N)=C(\C=C/C)N(C(=O)c1ccc(C)cc1)c1ccccc1. The molecule has 3 nitrogen and oxygen atoms in total. The monoisotopic (exact) mass is 318 g/mol. The van der Waals surface area contributed by atoms with E-state index in [0.29, 0.717) is 17.0 Å². The summed E-state index contributed by atoms with van der Waals surface area (Å²) in [5.74, 6) is -0.140. The Labute approximate surface area is 143 Å². The van der Waals surface area contributed by atoms with Crippen molar-refractivity contribution in [3.8, 4) is 0 Å². The van der Waals surface area contributed by atoms with Gasteiger partial charge in [-0.05, 0) is 50.3 Å². The molecule has 0 radical (unpaired) electrons. The molecule has 2 aromatic rings. The lowest BCUT2D eigenvalue weighted by atomic mass is 10.1. The number of hydrogen-bond acceptors (Lipinski definition) is 2. The molecule has 0 unspecified atom stereocenters. The van der Waals surface area contributed by atoms with Crippen molar-refractivity contribution in [2.75, 3.05) is 4.90 Å². The number of para-hydroxylation sites is 1. The van der Waals surface area contributed by atoms with Gasteiger partial charge in [0.05, 0.1) is 11.4 Å². The largest absolute Gasteiger partial charge is 0.397 e. The summed E-state index contributed by atoms with van der Waals surface area (Å²) in [5.41, 5.74) is 9.60. The summed E-state index contributed by atoms with van der Waals surface area (Å²) in [4.78, 5) is 14.8. The van der Waals surface area contributed by atoms with Gasteiger partial charge in [0, 0.05) is 11.3 Å². The predicted octanol–water partition coefficient (Wildman–Crippen LogP) is 4.57. The zero-order valence-corrected chi connectivity index (χ0v) is 14.1. The van der Waals surface area contributed by atoms with Gasteiger partial charge in [-0.1, -0.05) is 48.6 Å². The molecule has 122 valence electrons. The van der Waals surface area contributed by atoms with E-state index in [1.165, 1.54) is 0 Å². The van der Waals surface area contributed by atoms with Crippen molar-refractivity contribution in [1.82, 2.24) is 0 Å². The molecule has 0 saturated heterocycles. The number of rotatable bonds is 5. The summed E-state index contributed by atoms with van der Waals surface area (Å²) in [7, 11) is 0. The average molecular weight is 318 g/mol. The van der Waals surface area contributed by atoms with E-state index in [0.717, 1.165) is 11.3 Å². The second-order valence-corrected chi connectivity index (χ2v) is 5.39. The zero-order chi connectivity index (χ0) is 17.5. The van der Waals surface area contributed by atoms with Crippen molar-refractivity contribution in [1.29, 1.82) is 0 Å². The standard InChI is InChI=1S/C21H22N2O/c1-4-9-20(19(22)5-2)23(18-10-7-6-8-11-18)21(24)17-14-12-16(3)13-15-17/h4-15H,2,22H2,1,3H3/b9-4-,20-19-. The molecule has 0 fully saturated rings. The van der Waals surface area contributed by atoms with Crippen LogP contribution in [0.5, 0.6) is 0 Å². The van der Waals surface area contributed by atoms with Crippen molar-refractivity contribution in [3.63, 3.8) is 0 Å². The molecule has 3 heteroatoms. The molecular formula is C21H22N2O. The number of carbonyl (C=O) groups is 1. The lowest BCUT2D eigenvalue weighted by Gasteiger charge is -2.25. The van der Waals surface area contributed by atoms with Crippen LogP contribution in [-0.4, -0.2) is 5.91 Å². The minimum absolute atomic E-state index is 0.140. The Balaban J connectivity index is 2.61. The smallest absolute Gasteiger partial charge is 0.262 e. The number of anilines is 1. The molecule has 0 aliphatic rings. The van der Waals surface area contributed by atoms with Gasteiger partial charge >= 0.3 is 0 Å². The molecule has 0 saturated carbocycles. The number of nitrogens with two attached hydrogens (primary N) is 1. The van der Waals surface area contributed by atoms with Crippen molar-refractivity contribution >= 4 is 11.6 Å². The van der Waals surface area contributed by atoms with Crippen LogP contribution in [0.25, 0.3) is 0 Å². The lowest BCUT2D eigenvalue weighted by molar-refractivity contribution is 0.0995. The second-order valence-electron chi connectivity index (χ2n) is 5.39. The summed E-state index contributed by atoms with van der Waals surface area (Å²) in [6.45, 7) is 7.60. The number of amides is 1. The Morgan fingerprint density at radius 1 is 1.08 bits per heavy atom. The Morgan fingerprint density at radius 2 is 1.71 bits per heavy atom. The Kier molecular flexibility index (Phi) is 5.74. The van der Waals surface area contributed by atoms with Gasteiger partial charge in [-0.2, -0.15) is 0 Å². The molecule has 2 aromatic carbocycles. The van der Waals surface area contributed by atoms with Crippen LogP contribution < -0.4 is 10.6 Å². The first kappa shape index (κ1) is 17.3. The van der Waals surface area contributed by atoms with Crippen LogP contribution in [0.3, 0.4) is 0 Å². The first-order valence-electron chi connectivity index (χ1n) is 7.79. The summed E-state index contributed by atoms with van der Waals surface area (Å²) in [6, 6.07) is 16.9. The molecule has 0 heterocycles. The van der Waals surface area contributed by atoms with Gasteiger partial charge in [0.2, 0.25) is 0 Å². The third kappa shape index (κ3) is 3.82. The van der Waals surface area contributed by atoms with Gasteiger partial charge in [0.15, 0.2) is 0 Å². The third-order valence-corrected chi connectivity index (χ3v) is 3.60. The van der Waals surface area contributed by atoms with E-state index in [9.17, 15) is 4.79 Å². The molecule has 24 heavy (non-hydrogen) atoms. The lowest BCUT2D eigenvalue weighted by Crippen LogP contribution is -2.31. The molecule has 0 aromatic heterocycles. The Morgan fingerprint density at radius 3 is 2.25 bits per heavy atom. The number of allylic oxidation sites excluding steroid dienone is 3. The Hall–Kier alpha value is -3.07. The van der Waals surface area contributed by atoms with E-state index < -0.39 is 0 Å². The first-order valence-corrected chi connectivity index (χ1v) is 7.79. The molecule has 0 spiro atoms. The van der Waals surface area contributed by atoms with Crippen molar-refractivity contribution in [2.45, 2.75) is 13.8 Å². The van der Waals surface area contributed by atoms with Crippen molar-refractivity contribution in [2.24, 2.45) is 5.73 Å². The van der Waals surface area contributed by atoms with E-state index in [1.807, 2.05) is 80.6 Å². The van der Waals surface area contributed by atoms with Crippen LogP contribution in [0, 0.1) is 6.92 Å². The van der Waals surface area contributed by atoms with E-state index >= 15 is 0 Å². The summed E-state index contributed by atoms with van der Waals surface area (Å²) in [5, 5.41) is 0. The molecular weight excluding hydrogens is 296 g/mol. The fourth-order valence-corrected chi connectivity index (χ4v) is 2.33. The molecule has 2 rings (SSSR count). The van der Waals surface area contributed by atoms with Gasteiger partial charge < -0.3 is 5.73 Å². The van der Waals surface area contributed by atoms with E-state index in [-0.39, 0.29) is 5.91 Å². The number of nitrogens with zero attached hydrogens (tertiary/aromatic N) is 1. The predicted molar refractivity (Wildman–Crippen MR) is 101 cm³/mol. The quantitative estimate of drug-likeness (QED) is 0.821. The first-order chi connectivity index (χ1) is 11.6. The second kappa shape index (κ2) is 7.97. The highest BCUT2D eigenvalue weighted by molar-refractivity contribution is 6.08. The molecule has 2 N–H and O–H groups in total. The fourth-order valence-electron chi connectivity index (χ4n) is 2.33. The van der Waals surface area contributed by atoms with Gasteiger partial charge in [-0.15, -0.1) is 0 Å². The van der Waals surface area contributed by atoms with Crippen LogP contribution in [0.2, 0.25) is 0 Å². The maximum atomic E-state index is 13.2. The molecule has 0 aliphatic heterocycles. The number of aryl methyl sites for hydroxylation is 1. The van der Waals surface area contributed by atoms with Crippen LogP contribution in [0.4, 0.5) is 5.69 Å². The van der Waals surface area contributed by atoms with Crippen LogP contribution in [-0.2, 0) is 0 Å². The number of benzene rings is 2. The topological polar surface area (TPSA) is 46.3 Å². The minimum Gasteiger partial charge on any atom is -0.397 e. The highest BCUT2D eigenvalue weighted by atomic mass is 16.2. The maximum absolute atomic E-state index is 13.2. The fraction of sp³-hybridized carbons (Fsp3) is 0.0952. The maximum Gasteiger partial charge on any atom is 0.262 e. The van der Waals surface area contributed by atoms with Gasteiger partial charge in [-0.3, -0.25) is 9.69 Å². The molecule has 0 atom stereocenters. The van der Waals surface area contributed by atoms with Crippen molar-refractivity contribution in [3.05, 3.63) is 102 Å². The number of hydrogen-bond donors (Lipinski definition) is 1. The van der Waals surface area contributed by atoms with Crippen LogP contribution >= 0.6 is 0 Å². The van der Waals surface area contributed by atoms with Crippen molar-refractivity contribution < 1.29 is 4.79 Å². The molecule has 0 bridgehead atoms. The highest BCUT2D eigenvalue weighted by Crippen LogP contribution is 2.24. The van der Waals surface area contributed by atoms with E-state index in [2.05, 4.69) is 6.58 Å². The van der Waals surface area contributed by atoms with E-state index in [1.54, 1.807) is 11.0 Å². The van der Waals surface area contributed by atoms with Crippen LogP contribution in [0.1, 0.15) is 22.8 Å². The third-order valence-electron chi connectivity index (χ3n) is 3.60. The van der Waals surface area contributed by atoms with Gasteiger partial charge in [0.1, 0.15) is 0 Å². The summed E-state index contributed by atoms with van der Waals surface area (Å²) in [6.07, 6.45) is 5.22. The molecule has 0 aliphatic carbocycles. The van der Waals surface area contributed by atoms with Crippen LogP contribution in [0.15, 0.2) is 90.8 Å². The normalized spacial score (nSPS) is 11.9. The minimum atomic E-state index is -0.140. The number of carbonyl (C=O) groups excluding carboxylic acids is 1. The summed E-state index contributed by atoms with van der Waals surface area (Å²) < 4.78 is 0.